The van der Waals surface area contributed by atoms with E-state index in [4.69, 9.17) is 4.55 Å². The van der Waals surface area contributed by atoms with Gasteiger partial charge in [-0.25, -0.2) is 0 Å². The van der Waals surface area contributed by atoms with Crippen LogP contribution in [0.25, 0.3) is 16.8 Å². The van der Waals surface area contributed by atoms with Crippen molar-refractivity contribution >= 4 is 32.7 Å². The molecule has 0 amide bonds. The molecular weight excluding hydrogens is 290 g/mol. The molecule has 6 heteroatoms. The van der Waals surface area contributed by atoms with Gasteiger partial charge < -0.3 is 0 Å². The monoisotopic (exact) mass is 303 g/mol. The van der Waals surface area contributed by atoms with Crippen molar-refractivity contribution in [2.24, 2.45) is 0 Å². The van der Waals surface area contributed by atoms with Gasteiger partial charge in [-0.05, 0) is 17.0 Å². The van der Waals surface area contributed by atoms with Crippen molar-refractivity contribution in [3.63, 3.8) is 0 Å². The first-order valence-electron chi connectivity index (χ1n) is 6.38. The van der Waals surface area contributed by atoms with Crippen LogP contribution in [0.5, 0.6) is 0 Å². The number of carbonyl (C=O) groups is 1. The number of carbonyl (C=O) groups excluding carboxylic acids is 1. The molecule has 0 unspecified atom stereocenters. The van der Waals surface area contributed by atoms with Crippen molar-refractivity contribution in [2.75, 3.05) is 12.4 Å². The molecular formula is C15H13NO4S. The number of rotatable bonds is 4. The molecule has 0 aliphatic heterocycles. The molecule has 0 saturated heterocycles. The topological polar surface area (TPSA) is 83.5 Å². The van der Waals surface area contributed by atoms with Crippen LogP contribution in [0.4, 0.5) is 0 Å². The van der Waals surface area contributed by atoms with Gasteiger partial charge in [-0.2, -0.15) is 8.42 Å². The third kappa shape index (κ3) is 2.73. The molecule has 2 N–H and O–H groups in total. The van der Waals surface area contributed by atoms with Crippen LogP contribution in [-0.2, 0) is 10.1 Å². The third-order valence-electron chi connectivity index (χ3n) is 3.40. The van der Waals surface area contributed by atoms with Gasteiger partial charge in [0.05, 0.1) is 0 Å². The molecule has 0 fully saturated rings. The molecule has 0 atom stereocenters. The second kappa shape index (κ2) is 5.07. The zero-order valence-electron chi connectivity index (χ0n) is 11.0. The smallest absolute Gasteiger partial charge is 0.278 e. The highest BCUT2D eigenvalue weighted by Gasteiger charge is 2.21. The van der Waals surface area contributed by atoms with Crippen LogP contribution < -0.4 is 5.32 Å². The highest BCUT2D eigenvalue weighted by atomic mass is 32.2. The number of hydrogen-bond acceptors (Lipinski definition) is 4. The summed E-state index contributed by atoms with van der Waals surface area (Å²) in [6, 6.07) is 11.3. The first-order valence-corrected chi connectivity index (χ1v) is 7.99. The van der Waals surface area contributed by atoms with Crippen molar-refractivity contribution in [1.29, 1.82) is 0 Å². The van der Waals surface area contributed by atoms with Crippen molar-refractivity contribution in [3.8, 4) is 0 Å². The lowest BCUT2D eigenvalue weighted by Gasteiger charge is -2.17. The lowest BCUT2D eigenvalue weighted by molar-refractivity contribution is 0.103. The quantitative estimate of drug-likeness (QED) is 0.842. The van der Waals surface area contributed by atoms with E-state index in [1.54, 1.807) is 12.1 Å². The van der Waals surface area contributed by atoms with Gasteiger partial charge in [0, 0.05) is 23.1 Å². The number of nitrogens with one attached hydrogen (secondary N) is 1. The number of benzene rings is 2. The van der Waals surface area contributed by atoms with Crippen molar-refractivity contribution < 1.29 is 17.8 Å². The lowest BCUT2D eigenvalue weighted by atomic mass is 9.88. The van der Waals surface area contributed by atoms with Crippen LogP contribution in [0, 0.1) is 0 Å². The molecule has 2 aromatic carbocycles. The second-order valence-corrected chi connectivity index (χ2v) is 6.36. The maximum atomic E-state index is 12.4. The van der Waals surface area contributed by atoms with Crippen LogP contribution in [-0.4, -0.2) is 31.2 Å². The molecule has 1 aliphatic rings. The average molecular weight is 303 g/mol. The highest BCUT2D eigenvalue weighted by molar-refractivity contribution is 7.85. The largest absolute Gasteiger partial charge is 0.297 e. The fourth-order valence-electron chi connectivity index (χ4n) is 2.55. The highest BCUT2D eigenvalue weighted by Crippen LogP contribution is 2.30. The number of Topliss-reactive ketones (excluding diaryl/α,β-unsaturated/α-hetero) is 1. The molecule has 3 rings (SSSR count). The maximum absolute atomic E-state index is 12.4. The summed E-state index contributed by atoms with van der Waals surface area (Å²) in [7, 11) is -4.09. The molecule has 0 saturated carbocycles. The minimum absolute atomic E-state index is 0.0867. The number of hydrogen-bond donors (Lipinski definition) is 2. The van der Waals surface area contributed by atoms with Gasteiger partial charge in [0.2, 0.25) is 0 Å². The maximum Gasteiger partial charge on any atom is 0.278 e. The summed E-state index contributed by atoms with van der Waals surface area (Å²) in [5, 5.41) is 4.48. The molecule has 0 aromatic heterocycles. The van der Waals surface area contributed by atoms with E-state index in [9.17, 15) is 13.2 Å². The van der Waals surface area contributed by atoms with E-state index in [1.807, 2.05) is 30.3 Å². The fourth-order valence-corrected chi connectivity index (χ4v) is 2.91. The van der Waals surface area contributed by atoms with E-state index < -0.39 is 16.0 Å². The Hall–Kier alpha value is -2.02. The van der Waals surface area contributed by atoms with E-state index in [2.05, 4.69) is 5.32 Å². The molecule has 0 spiro atoms. The summed E-state index contributed by atoms with van der Waals surface area (Å²) in [5.74, 6) is -0.703. The molecule has 21 heavy (non-hydrogen) atoms. The minimum atomic E-state index is -4.09. The zero-order chi connectivity index (χ0) is 15.0. The summed E-state index contributed by atoms with van der Waals surface area (Å²) >= 11 is 0. The van der Waals surface area contributed by atoms with E-state index in [1.165, 1.54) is 0 Å². The second-order valence-electron chi connectivity index (χ2n) is 4.90. The van der Waals surface area contributed by atoms with Gasteiger partial charge in [0.15, 0.2) is 5.78 Å². The van der Waals surface area contributed by atoms with E-state index in [0.29, 0.717) is 11.1 Å². The van der Waals surface area contributed by atoms with Crippen molar-refractivity contribution in [1.82, 2.24) is 5.32 Å². The molecule has 5 nitrogen and oxygen atoms in total. The van der Waals surface area contributed by atoms with Crippen molar-refractivity contribution in [3.05, 3.63) is 53.1 Å². The van der Waals surface area contributed by atoms with Gasteiger partial charge in [-0.15, -0.1) is 0 Å². The Morgan fingerprint density at radius 2 is 1.81 bits per heavy atom. The van der Waals surface area contributed by atoms with Crippen LogP contribution in [0.3, 0.4) is 0 Å². The summed E-state index contributed by atoms with van der Waals surface area (Å²) in [6.07, 6.45) is 1.76. The molecule has 0 bridgehead atoms. The summed E-state index contributed by atoms with van der Waals surface area (Å²) < 4.78 is 30.1. The van der Waals surface area contributed by atoms with Gasteiger partial charge >= 0.3 is 0 Å². The van der Waals surface area contributed by atoms with Crippen LogP contribution in [0.1, 0.15) is 15.9 Å². The molecule has 0 radical (unpaired) electrons. The molecule has 1 aliphatic carbocycles. The minimum Gasteiger partial charge on any atom is -0.297 e. The Bertz CT molecular complexity index is 863. The average Bonchev–Trinajstić information content (AvgIpc) is 2.43. The summed E-state index contributed by atoms with van der Waals surface area (Å²) in [6.45, 7) is 0.0867. The zero-order valence-corrected chi connectivity index (χ0v) is 11.9. The van der Waals surface area contributed by atoms with Crippen LogP contribution in [0.15, 0.2) is 42.0 Å². The summed E-state index contributed by atoms with van der Waals surface area (Å²) in [5.41, 5.74) is 2.03. The molecule has 2 aromatic rings. The SMILES string of the molecule is O=C1C(CNCS(=O)(=O)O)=Cc2cccc3cccc1c23. The normalized spacial score (nSPS) is 14.3. The van der Waals surface area contributed by atoms with E-state index in [-0.39, 0.29) is 12.3 Å². The Morgan fingerprint density at radius 3 is 2.52 bits per heavy atom. The standard InChI is InChI=1S/C15H13NO4S/c17-15-12(8-16-9-21(18,19)20)7-11-5-1-3-10-4-2-6-13(15)14(10)11/h1-7,16H,8-9H2,(H,18,19,20). The molecule has 108 valence electrons. The first kappa shape index (κ1) is 13.9. The van der Waals surface area contributed by atoms with Crippen molar-refractivity contribution in [2.45, 2.75) is 0 Å². The van der Waals surface area contributed by atoms with Crippen LogP contribution in [0.2, 0.25) is 0 Å². The Kier molecular flexibility index (Phi) is 3.36. The number of ketones is 1. The summed E-state index contributed by atoms with van der Waals surface area (Å²) in [4.78, 5) is 12.4. The van der Waals surface area contributed by atoms with E-state index in [0.717, 1.165) is 16.3 Å². The Labute approximate surface area is 122 Å². The predicted octanol–water partition coefficient (Wildman–Crippen LogP) is 1.85. The van der Waals surface area contributed by atoms with Gasteiger partial charge in [-0.3, -0.25) is 14.7 Å². The third-order valence-corrected chi connectivity index (χ3v) is 3.97. The van der Waals surface area contributed by atoms with Gasteiger partial charge in [-0.1, -0.05) is 36.4 Å². The first-order chi connectivity index (χ1) is 9.96. The Morgan fingerprint density at radius 1 is 1.10 bits per heavy atom. The van der Waals surface area contributed by atoms with Gasteiger partial charge in [0.1, 0.15) is 5.88 Å². The Balaban J connectivity index is 1.96. The van der Waals surface area contributed by atoms with Gasteiger partial charge in [0.25, 0.3) is 10.1 Å². The molecule has 0 heterocycles. The fraction of sp³-hybridized carbons (Fsp3) is 0.133. The lowest BCUT2D eigenvalue weighted by Crippen LogP contribution is -2.27. The van der Waals surface area contributed by atoms with E-state index >= 15 is 0 Å². The van der Waals surface area contributed by atoms with Crippen LogP contribution >= 0.6 is 0 Å². The predicted molar refractivity (Wildman–Crippen MR) is 80.7 cm³/mol.